The number of methoxy groups -OCH3 is 2. The molecule has 3 rings (SSSR count). The van der Waals surface area contributed by atoms with Gasteiger partial charge in [0.2, 0.25) is 5.91 Å². The van der Waals surface area contributed by atoms with Crippen LogP contribution in [0, 0.1) is 0 Å². The van der Waals surface area contributed by atoms with E-state index in [4.69, 9.17) is 21.1 Å². The average Bonchev–Trinajstić information content (AvgIpc) is 3.20. The van der Waals surface area contributed by atoms with Gasteiger partial charge in [-0.1, -0.05) is 29.8 Å². The van der Waals surface area contributed by atoms with Crippen molar-refractivity contribution < 1.29 is 14.3 Å². The minimum absolute atomic E-state index is 0.251. The van der Waals surface area contributed by atoms with Crippen molar-refractivity contribution in [2.24, 2.45) is 0 Å². The second-order valence-electron chi connectivity index (χ2n) is 5.92. The maximum atomic E-state index is 12.4. The molecule has 2 aromatic carbocycles. The minimum Gasteiger partial charge on any atom is -0.493 e. The Morgan fingerprint density at radius 2 is 2.04 bits per heavy atom. The third-order valence-electron chi connectivity index (χ3n) is 4.05. The number of para-hydroxylation sites is 1. The lowest BCUT2D eigenvalue weighted by molar-refractivity contribution is -0.111. The Labute approximate surface area is 168 Å². The van der Waals surface area contributed by atoms with E-state index in [-0.39, 0.29) is 5.91 Å². The fourth-order valence-corrected chi connectivity index (χ4v) is 3.03. The zero-order valence-corrected chi connectivity index (χ0v) is 16.3. The highest BCUT2D eigenvalue weighted by atomic mass is 35.5. The second-order valence-corrected chi connectivity index (χ2v) is 6.33. The normalized spacial score (nSPS) is 10.8. The van der Waals surface area contributed by atoms with Gasteiger partial charge >= 0.3 is 0 Å². The van der Waals surface area contributed by atoms with Crippen LogP contribution in [-0.2, 0) is 11.3 Å². The van der Waals surface area contributed by atoms with Gasteiger partial charge in [-0.3, -0.25) is 9.48 Å². The van der Waals surface area contributed by atoms with Crippen LogP contribution in [0.3, 0.4) is 0 Å². The molecular weight excluding hydrogens is 378 g/mol. The number of hydrogen-bond donors (Lipinski definition) is 1. The van der Waals surface area contributed by atoms with Gasteiger partial charge in [-0.2, -0.15) is 5.10 Å². The summed E-state index contributed by atoms with van der Waals surface area (Å²) in [7, 11) is 3.05. The van der Waals surface area contributed by atoms with E-state index in [9.17, 15) is 4.79 Å². The monoisotopic (exact) mass is 397 g/mol. The number of nitrogens with one attached hydrogen (secondary N) is 1. The van der Waals surface area contributed by atoms with Crippen LogP contribution in [0.15, 0.2) is 60.9 Å². The number of amides is 1. The van der Waals surface area contributed by atoms with Crippen LogP contribution in [0.25, 0.3) is 6.08 Å². The van der Waals surface area contributed by atoms with Crippen LogP contribution in [-0.4, -0.2) is 29.9 Å². The van der Waals surface area contributed by atoms with Crippen molar-refractivity contribution in [3.05, 3.63) is 77.1 Å². The van der Waals surface area contributed by atoms with Crippen molar-refractivity contribution in [1.82, 2.24) is 9.78 Å². The second kappa shape index (κ2) is 9.10. The molecular formula is C21H20ClN3O3. The van der Waals surface area contributed by atoms with Crippen molar-refractivity contribution in [2.75, 3.05) is 19.5 Å². The SMILES string of the molecule is COc1cc(C=CC(=O)Nc2ccccc2Cn2cccn2)cc(Cl)c1OC. The molecule has 0 bridgehead atoms. The lowest BCUT2D eigenvalue weighted by Gasteiger charge is -2.11. The van der Waals surface area contributed by atoms with Crippen LogP contribution in [0.2, 0.25) is 5.02 Å². The summed E-state index contributed by atoms with van der Waals surface area (Å²) >= 11 is 6.20. The Hall–Kier alpha value is -3.25. The molecule has 1 heterocycles. The van der Waals surface area contributed by atoms with Gasteiger partial charge in [-0.05, 0) is 41.5 Å². The van der Waals surface area contributed by atoms with E-state index in [0.717, 1.165) is 16.8 Å². The number of rotatable bonds is 7. The number of nitrogens with zero attached hydrogens (tertiary/aromatic N) is 2. The van der Waals surface area contributed by atoms with Crippen molar-refractivity contribution >= 4 is 29.3 Å². The molecule has 0 aliphatic carbocycles. The highest BCUT2D eigenvalue weighted by Gasteiger charge is 2.10. The Kier molecular flexibility index (Phi) is 6.34. The molecule has 1 N–H and O–H groups in total. The van der Waals surface area contributed by atoms with Gasteiger partial charge in [0, 0.05) is 24.2 Å². The standard InChI is InChI=1S/C21H20ClN3O3/c1-27-19-13-15(12-17(22)21(19)28-2)8-9-20(26)24-18-7-4-3-6-16(18)14-25-11-5-10-23-25/h3-13H,14H2,1-2H3,(H,24,26). The molecule has 0 saturated heterocycles. The van der Waals surface area contributed by atoms with Gasteiger partial charge in [0.15, 0.2) is 11.5 Å². The zero-order chi connectivity index (χ0) is 19.9. The maximum absolute atomic E-state index is 12.4. The van der Waals surface area contributed by atoms with Crippen molar-refractivity contribution in [2.45, 2.75) is 6.54 Å². The number of benzene rings is 2. The number of anilines is 1. The van der Waals surface area contributed by atoms with E-state index in [1.807, 2.05) is 36.5 Å². The predicted octanol–water partition coefficient (Wildman–Crippen LogP) is 4.25. The molecule has 0 saturated carbocycles. The third-order valence-corrected chi connectivity index (χ3v) is 4.33. The average molecular weight is 398 g/mol. The van der Waals surface area contributed by atoms with E-state index in [2.05, 4.69) is 10.4 Å². The zero-order valence-electron chi connectivity index (χ0n) is 15.6. The Bertz CT molecular complexity index is 985. The Balaban J connectivity index is 1.73. The number of aromatic nitrogens is 2. The first kappa shape index (κ1) is 19.5. The van der Waals surface area contributed by atoms with Crippen molar-refractivity contribution in [3.8, 4) is 11.5 Å². The van der Waals surface area contributed by atoms with Gasteiger partial charge in [0.25, 0.3) is 0 Å². The molecule has 0 unspecified atom stereocenters. The smallest absolute Gasteiger partial charge is 0.248 e. The first-order chi connectivity index (χ1) is 13.6. The lowest BCUT2D eigenvalue weighted by atomic mass is 10.1. The van der Waals surface area contributed by atoms with Crippen LogP contribution in [0.4, 0.5) is 5.69 Å². The van der Waals surface area contributed by atoms with Gasteiger partial charge in [-0.15, -0.1) is 0 Å². The summed E-state index contributed by atoms with van der Waals surface area (Å²) in [6.07, 6.45) is 6.71. The summed E-state index contributed by atoms with van der Waals surface area (Å²) in [5.41, 5.74) is 2.42. The lowest BCUT2D eigenvalue weighted by Crippen LogP contribution is -2.11. The van der Waals surface area contributed by atoms with E-state index in [1.54, 1.807) is 29.1 Å². The third kappa shape index (κ3) is 4.72. The number of carbonyl (C=O) groups excluding carboxylic acids is 1. The molecule has 28 heavy (non-hydrogen) atoms. The van der Waals surface area contributed by atoms with Gasteiger partial charge in [-0.25, -0.2) is 0 Å². The summed E-state index contributed by atoms with van der Waals surface area (Å²) < 4.78 is 12.3. The molecule has 0 radical (unpaired) electrons. The van der Waals surface area contributed by atoms with Crippen LogP contribution >= 0.6 is 11.6 Å². The highest BCUT2D eigenvalue weighted by molar-refractivity contribution is 6.32. The van der Waals surface area contributed by atoms with E-state index >= 15 is 0 Å². The Morgan fingerprint density at radius 3 is 2.75 bits per heavy atom. The van der Waals surface area contributed by atoms with Gasteiger partial charge in [0.05, 0.1) is 25.8 Å². The summed E-state index contributed by atoms with van der Waals surface area (Å²) in [6, 6.07) is 12.9. The summed E-state index contributed by atoms with van der Waals surface area (Å²) in [4.78, 5) is 12.4. The molecule has 7 heteroatoms. The first-order valence-electron chi connectivity index (χ1n) is 8.56. The highest BCUT2D eigenvalue weighted by Crippen LogP contribution is 2.36. The molecule has 1 aromatic heterocycles. The van der Waals surface area contributed by atoms with E-state index in [1.165, 1.54) is 20.3 Å². The quantitative estimate of drug-likeness (QED) is 0.605. The van der Waals surface area contributed by atoms with Crippen LogP contribution in [0.1, 0.15) is 11.1 Å². The largest absolute Gasteiger partial charge is 0.493 e. The molecule has 6 nitrogen and oxygen atoms in total. The van der Waals surface area contributed by atoms with Gasteiger partial charge in [0.1, 0.15) is 0 Å². The fourth-order valence-electron chi connectivity index (χ4n) is 2.73. The molecule has 0 atom stereocenters. The molecule has 0 spiro atoms. The molecule has 0 aliphatic rings. The molecule has 0 fully saturated rings. The number of hydrogen-bond acceptors (Lipinski definition) is 4. The molecule has 144 valence electrons. The van der Waals surface area contributed by atoms with Gasteiger partial charge < -0.3 is 14.8 Å². The van der Waals surface area contributed by atoms with Crippen LogP contribution in [0.5, 0.6) is 11.5 Å². The first-order valence-corrected chi connectivity index (χ1v) is 8.94. The number of halogens is 1. The maximum Gasteiger partial charge on any atom is 0.248 e. The molecule has 3 aromatic rings. The minimum atomic E-state index is -0.251. The van der Waals surface area contributed by atoms with Crippen molar-refractivity contribution in [1.29, 1.82) is 0 Å². The topological polar surface area (TPSA) is 65.4 Å². The summed E-state index contributed by atoms with van der Waals surface area (Å²) in [6.45, 7) is 0.568. The van der Waals surface area contributed by atoms with E-state index in [0.29, 0.717) is 23.1 Å². The summed E-state index contributed by atoms with van der Waals surface area (Å²) in [5, 5.41) is 7.51. The molecule has 0 aliphatic heterocycles. The van der Waals surface area contributed by atoms with Crippen LogP contribution < -0.4 is 14.8 Å². The van der Waals surface area contributed by atoms with E-state index < -0.39 is 0 Å². The fraction of sp³-hybridized carbons (Fsp3) is 0.143. The predicted molar refractivity (Wildman–Crippen MR) is 110 cm³/mol. The molecule has 1 amide bonds. The number of ether oxygens (including phenoxy) is 2. The Morgan fingerprint density at radius 1 is 1.21 bits per heavy atom. The van der Waals surface area contributed by atoms with Crippen molar-refractivity contribution in [3.63, 3.8) is 0 Å². The summed E-state index contributed by atoms with van der Waals surface area (Å²) in [5.74, 6) is 0.705. The number of carbonyl (C=O) groups is 1.